The summed E-state index contributed by atoms with van der Waals surface area (Å²) in [5.41, 5.74) is 1.73. The van der Waals surface area contributed by atoms with Crippen LogP contribution in [0.5, 0.6) is 0 Å². The molecule has 0 bridgehead atoms. The Kier molecular flexibility index (Phi) is 8.18. The van der Waals surface area contributed by atoms with Crippen LogP contribution in [-0.4, -0.2) is 33.8 Å². The van der Waals surface area contributed by atoms with Crippen LogP contribution in [0.1, 0.15) is 19.8 Å². The van der Waals surface area contributed by atoms with Crippen molar-refractivity contribution in [2.24, 2.45) is 5.92 Å². The van der Waals surface area contributed by atoms with E-state index < -0.39 is 0 Å². The van der Waals surface area contributed by atoms with E-state index in [1.165, 1.54) is 12.8 Å². The molecule has 1 aromatic heterocycles. The number of carbonyl (C=O) groups excluding carboxylic acids is 1. The van der Waals surface area contributed by atoms with Gasteiger partial charge in [-0.3, -0.25) is 4.79 Å². The van der Waals surface area contributed by atoms with Crippen LogP contribution >= 0.6 is 24.8 Å². The summed E-state index contributed by atoms with van der Waals surface area (Å²) in [6, 6.07) is 7.69. The van der Waals surface area contributed by atoms with Crippen LogP contribution in [0.15, 0.2) is 30.6 Å². The Bertz CT molecular complexity index is 657. The molecule has 6 nitrogen and oxygen atoms in total. The van der Waals surface area contributed by atoms with Crippen molar-refractivity contribution < 1.29 is 4.79 Å². The molecule has 8 heteroatoms. The van der Waals surface area contributed by atoms with Crippen molar-refractivity contribution in [1.29, 1.82) is 0 Å². The number of anilines is 1. The van der Waals surface area contributed by atoms with E-state index in [-0.39, 0.29) is 30.7 Å². The Hall–Kier alpha value is -1.63. The molecule has 3 rings (SSSR count). The standard InChI is InChI=1S/C16H21N5O.2ClH/c1-2-21-11-18-20-16(21)13-4-3-5-14(8-13)19-15(22)10-17-9-12-6-7-12;;/h3-5,8,11-12,17H,2,6-7,9-10H2,1H3,(H,19,22);2*1H. The molecule has 1 aliphatic rings. The van der Waals surface area contributed by atoms with E-state index in [1.807, 2.05) is 35.8 Å². The summed E-state index contributed by atoms with van der Waals surface area (Å²) in [5.74, 6) is 1.57. The zero-order chi connectivity index (χ0) is 15.4. The van der Waals surface area contributed by atoms with Crippen LogP contribution in [0.4, 0.5) is 5.69 Å². The van der Waals surface area contributed by atoms with Crippen LogP contribution in [0.2, 0.25) is 0 Å². The number of aryl methyl sites for hydroxylation is 1. The molecule has 0 saturated heterocycles. The number of aromatic nitrogens is 3. The lowest BCUT2D eigenvalue weighted by Gasteiger charge is -2.08. The molecule has 0 spiro atoms. The maximum Gasteiger partial charge on any atom is 0.238 e. The summed E-state index contributed by atoms with van der Waals surface area (Å²) >= 11 is 0. The Morgan fingerprint density at radius 2 is 2.12 bits per heavy atom. The number of benzene rings is 1. The van der Waals surface area contributed by atoms with Crippen molar-refractivity contribution in [3.63, 3.8) is 0 Å². The second kappa shape index (κ2) is 9.61. The Morgan fingerprint density at radius 3 is 2.83 bits per heavy atom. The van der Waals surface area contributed by atoms with E-state index in [1.54, 1.807) is 6.33 Å². The van der Waals surface area contributed by atoms with Gasteiger partial charge in [-0.25, -0.2) is 0 Å². The van der Waals surface area contributed by atoms with Gasteiger partial charge in [0, 0.05) is 17.8 Å². The lowest BCUT2D eigenvalue weighted by molar-refractivity contribution is -0.115. The van der Waals surface area contributed by atoms with Crippen molar-refractivity contribution in [2.75, 3.05) is 18.4 Å². The maximum absolute atomic E-state index is 11.9. The summed E-state index contributed by atoms with van der Waals surface area (Å²) < 4.78 is 1.97. The van der Waals surface area contributed by atoms with E-state index in [4.69, 9.17) is 0 Å². The van der Waals surface area contributed by atoms with Crippen LogP contribution < -0.4 is 10.6 Å². The molecule has 24 heavy (non-hydrogen) atoms. The van der Waals surface area contributed by atoms with Crippen LogP contribution in [-0.2, 0) is 11.3 Å². The topological polar surface area (TPSA) is 71.8 Å². The van der Waals surface area contributed by atoms with E-state index in [0.29, 0.717) is 6.54 Å². The molecule has 0 aliphatic heterocycles. The third kappa shape index (κ3) is 5.47. The lowest BCUT2D eigenvalue weighted by Crippen LogP contribution is -2.29. The molecule has 2 N–H and O–H groups in total. The van der Waals surface area contributed by atoms with Gasteiger partial charge in [0.15, 0.2) is 5.82 Å². The third-order valence-electron chi connectivity index (χ3n) is 3.78. The fourth-order valence-electron chi connectivity index (χ4n) is 2.36. The summed E-state index contributed by atoms with van der Waals surface area (Å²) in [7, 11) is 0. The Balaban J connectivity index is 0.00000144. The third-order valence-corrected chi connectivity index (χ3v) is 3.78. The molecular formula is C16H23Cl2N5O. The van der Waals surface area contributed by atoms with Gasteiger partial charge in [-0.2, -0.15) is 0 Å². The maximum atomic E-state index is 11.9. The van der Waals surface area contributed by atoms with Gasteiger partial charge in [0.25, 0.3) is 0 Å². The normalized spacial score (nSPS) is 12.9. The van der Waals surface area contributed by atoms with Crippen LogP contribution in [0.25, 0.3) is 11.4 Å². The molecule has 0 unspecified atom stereocenters. The average molecular weight is 372 g/mol. The van der Waals surface area contributed by atoms with Gasteiger partial charge in [0.05, 0.1) is 6.54 Å². The zero-order valence-corrected chi connectivity index (χ0v) is 15.2. The number of hydrogen-bond acceptors (Lipinski definition) is 4. The second-order valence-corrected chi connectivity index (χ2v) is 5.64. The first-order valence-corrected chi connectivity index (χ1v) is 7.75. The highest BCUT2D eigenvalue weighted by Gasteiger charge is 2.20. The highest BCUT2D eigenvalue weighted by Crippen LogP contribution is 2.27. The first-order chi connectivity index (χ1) is 10.8. The predicted molar refractivity (Wildman–Crippen MR) is 99.9 cm³/mol. The predicted octanol–water partition coefficient (Wildman–Crippen LogP) is 2.75. The first-order valence-electron chi connectivity index (χ1n) is 7.75. The van der Waals surface area contributed by atoms with Gasteiger partial charge in [0.2, 0.25) is 5.91 Å². The fraction of sp³-hybridized carbons (Fsp3) is 0.438. The largest absolute Gasteiger partial charge is 0.325 e. The molecule has 0 atom stereocenters. The molecule has 1 heterocycles. The highest BCUT2D eigenvalue weighted by molar-refractivity contribution is 5.92. The van der Waals surface area contributed by atoms with Gasteiger partial charge < -0.3 is 15.2 Å². The summed E-state index contributed by atoms with van der Waals surface area (Å²) in [5, 5.41) is 14.2. The highest BCUT2D eigenvalue weighted by atomic mass is 35.5. The zero-order valence-electron chi connectivity index (χ0n) is 13.6. The SMILES string of the molecule is CCn1cnnc1-c1cccc(NC(=O)CNCC2CC2)c1.Cl.Cl. The molecule has 1 fully saturated rings. The number of carbonyl (C=O) groups is 1. The van der Waals surface area contributed by atoms with Crippen molar-refractivity contribution in [1.82, 2.24) is 20.1 Å². The van der Waals surface area contributed by atoms with Crippen LogP contribution in [0, 0.1) is 5.92 Å². The molecule has 1 aromatic carbocycles. The lowest BCUT2D eigenvalue weighted by atomic mass is 10.2. The number of rotatable bonds is 7. The molecule has 1 aliphatic carbocycles. The Labute approximate surface area is 154 Å². The van der Waals surface area contributed by atoms with Gasteiger partial charge in [-0.15, -0.1) is 35.0 Å². The minimum absolute atomic E-state index is 0. The van der Waals surface area contributed by atoms with Crippen molar-refractivity contribution in [3.05, 3.63) is 30.6 Å². The van der Waals surface area contributed by atoms with Gasteiger partial charge in [0.1, 0.15) is 6.33 Å². The molecule has 1 amide bonds. The Morgan fingerprint density at radius 1 is 1.33 bits per heavy atom. The quantitative estimate of drug-likeness (QED) is 0.784. The number of hydrogen-bond donors (Lipinski definition) is 2. The molecule has 2 aromatic rings. The van der Waals surface area contributed by atoms with Crippen molar-refractivity contribution >= 4 is 36.4 Å². The van der Waals surface area contributed by atoms with Crippen molar-refractivity contribution in [2.45, 2.75) is 26.3 Å². The number of amides is 1. The van der Waals surface area contributed by atoms with Gasteiger partial charge in [-0.1, -0.05) is 12.1 Å². The molecule has 0 radical (unpaired) electrons. The molecular weight excluding hydrogens is 349 g/mol. The molecule has 1 saturated carbocycles. The van der Waals surface area contributed by atoms with E-state index >= 15 is 0 Å². The monoisotopic (exact) mass is 371 g/mol. The number of halogens is 2. The van der Waals surface area contributed by atoms with E-state index in [0.717, 1.165) is 36.1 Å². The van der Waals surface area contributed by atoms with E-state index in [9.17, 15) is 4.79 Å². The van der Waals surface area contributed by atoms with Gasteiger partial charge in [-0.05, 0) is 44.4 Å². The minimum Gasteiger partial charge on any atom is -0.325 e. The van der Waals surface area contributed by atoms with E-state index in [2.05, 4.69) is 20.8 Å². The fourth-order valence-corrected chi connectivity index (χ4v) is 2.36. The minimum atomic E-state index is -0.0187. The second-order valence-electron chi connectivity index (χ2n) is 5.64. The molecule has 132 valence electrons. The smallest absolute Gasteiger partial charge is 0.238 e. The first kappa shape index (κ1) is 20.4. The van der Waals surface area contributed by atoms with Gasteiger partial charge >= 0.3 is 0 Å². The summed E-state index contributed by atoms with van der Waals surface area (Å²) in [6.45, 7) is 4.15. The number of nitrogens with zero attached hydrogens (tertiary/aromatic N) is 3. The summed E-state index contributed by atoms with van der Waals surface area (Å²) in [6.07, 6.45) is 4.28. The average Bonchev–Trinajstić information content (AvgIpc) is 3.21. The number of nitrogens with one attached hydrogen (secondary N) is 2. The van der Waals surface area contributed by atoms with Crippen molar-refractivity contribution in [3.8, 4) is 11.4 Å². The van der Waals surface area contributed by atoms with Crippen LogP contribution in [0.3, 0.4) is 0 Å². The summed E-state index contributed by atoms with van der Waals surface area (Å²) in [4.78, 5) is 11.9.